The molecule has 20 heavy (non-hydrogen) atoms. The third-order valence-corrected chi connectivity index (χ3v) is 7.99. The highest BCUT2D eigenvalue weighted by Gasteiger charge is 2.39. The lowest BCUT2D eigenvalue weighted by molar-refractivity contribution is 0.429. The number of aromatic nitrogens is 1. The molecule has 1 saturated heterocycles. The summed E-state index contributed by atoms with van der Waals surface area (Å²) in [5.74, 6) is 3.21. The van der Waals surface area contributed by atoms with E-state index < -0.39 is 0 Å². The maximum absolute atomic E-state index is 4.70. The summed E-state index contributed by atoms with van der Waals surface area (Å²) in [5.41, 5.74) is 2.83. The van der Waals surface area contributed by atoms with Crippen molar-refractivity contribution in [2.24, 2.45) is 0 Å². The quantitative estimate of drug-likeness (QED) is 0.922. The van der Waals surface area contributed by atoms with Crippen molar-refractivity contribution in [2.45, 2.75) is 48.6 Å². The van der Waals surface area contributed by atoms with E-state index in [2.05, 4.69) is 54.9 Å². The number of rotatable bonds is 4. The van der Waals surface area contributed by atoms with E-state index in [1.807, 2.05) is 6.20 Å². The molecule has 1 N–H and O–H groups in total. The van der Waals surface area contributed by atoms with Gasteiger partial charge in [-0.25, -0.2) is 0 Å². The molecule has 1 aromatic rings. The van der Waals surface area contributed by atoms with Gasteiger partial charge < -0.3 is 5.32 Å². The van der Waals surface area contributed by atoms with Crippen LogP contribution in [0, 0.1) is 0 Å². The average Bonchev–Trinajstić information content (AvgIpc) is 2.93. The van der Waals surface area contributed by atoms with Crippen LogP contribution in [-0.2, 0) is 6.42 Å². The smallest absolute Gasteiger partial charge is 0.0482 e. The van der Waals surface area contributed by atoms with Gasteiger partial charge in [0.05, 0.1) is 0 Å². The lowest BCUT2D eigenvalue weighted by atomic mass is 9.92. The van der Waals surface area contributed by atoms with Gasteiger partial charge in [-0.2, -0.15) is 23.5 Å². The first-order chi connectivity index (χ1) is 9.85. The molecule has 110 valence electrons. The highest BCUT2D eigenvalue weighted by molar-refractivity contribution is 8.07. The van der Waals surface area contributed by atoms with Crippen LogP contribution < -0.4 is 5.32 Å². The van der Waals surface area contributed by atoms with Crippen molar-refractivity contribution in [3.05, 3.63) is 29.6 Å². The third kappa shape index (κ3) is 2.75. The van der Waals surface area contributed by atoms with Gasteiger partial charge in [0.25, 0.3) is 0 Å². The SMILES string of the molecule is CCC1SCCSC1C(NC)C1CCc2cccnc21. The lowest BCUT2D eigenvalue weighted by Crippen LogP contribution is -2.47. The monoisotopic (exact) mass is 308 g/mol. The van der Waals surface area contributed by atoms with Gasteiger partial charge in [0.2, 0.25) is 0 Å². The first kappa shape index (κ1) is 14.7. The Morgan fingerprint density at radius 2 is 2.25 bits per heavy atom. The van der Waals surface area contributed by atoms with Crippen molar-refractivity contribution >= 4 is 23.5 Å². The van der Waals surface area contributed by atoms with Crippen LogP contribution in [0.1, 0.15) is 36.9 Å². The highest BCUT2D eigenvalue weighted by atomic mass is 32.2. The number of fused-ring (bicyclic) bond motifs is 1. The summed E-state index contributed by atoms with van der Waals surface area (Å²) in [5, 5.41) is 5.16. The summed E-state index contributed by atoms with van der Waals surface area (Å²) in [7, 11) is 2.14. The van der Waals surface area contributed by atoms with Crippen molar-refractivity contribution in [2.75, 3.05) is 18.6 Å². The number of nitrogens with zero attached hydrogens (tertiary/aromatic N) is 1. The van der Waals surface area contributed by atoms with Crippen LogP contribution in [0.25, 0.3) is 0 Å². The summed E-state index contributed by atoms with van der Waals surface area (Å²) in [6, 6.07) is 4.90. The molecule has 0 saturated carbocycles. The van der Waals surface area contributed by atoms with Crippen LogP contribution in [0.3, 0.4) is 0 Å². The van der Waals surface area contributed by atoms with Crippen LogP contribution >= 0.6 is 23.5 Å². The second-order valence-corrected chi connectivity index (χ2v) is 8.29. The normalized spacial score (nSPS) is 31.0. The summed E-state index contributed by atoms with van der Waals surface area (Å²) < 4.78 is 0. The van der Waals surface area contributed by atoms with Crippen LogP contribution in [0.15, 0.2) is 18.3 Å². The molecule has 0 spiro atoms. The maximum Gasteiger partial charge on any atom is 0.0482 e. The Kier molecular flexibility index (Phi) is 4.95. The number of nitrogens with one attached hydrogen (secondary N) is 1. The van der Waals surface area contributed by atoms with Crippen molar-refractivity contribution in [1.29, 1.82) is 0 Å². The van der Waals surface area contributed by atoms with E-state index in [9.17, 15) is 0 Å². The van der Waals surface area contributed by atoms with E-state index in [0.29, 0.717) is 12.0 Å². The number of hydrogen-bond acceptors (Lipinski definition) is 4. The molecule has 1 aromatic heterocycles. The van der Waals surface area contributed by atoms with Crippen molar-refractivity contribution < 1.29 is 0 Å². The zero-order chi connectivity index (χ0) is 13.9. The van der Waals surface area contributed by atoms with Gasteiger partial charge >= 0.3 is 0 Å². The fourth-order valence-electron chi connectivity index (χ4n) is 3.66. The van der Waals surface area contributed by atoms with Crippen LogP contribution in [0.4, 0.5) is 0 Å². The first-order valence-electron chi connectivity index (χ1n) is 7.69. The average molecular weight is 309 g/mol. The summed E-state index contributed by atoms with van der Waals surface area (Å²) in [6.07, 6.45) is 5.70. The molecule has 0 bridgehead atoms. The molecular formula is C16H24N2S2. The highest BCUT2D eigenvalue weighted by Crippen LogP contribution is 2.42. The third-order valence-electron chi connectivity index (χ3n) is 4.62. The fraction of sp³-hybridized carbons (Fsp3) is 0.688. The molecule has 0 radical (unpaired) electrons. The predicted molar refractivity (Wildman–Crippen MR) is 90.9 cm³/mol. The Morgan fingerprint density at radius 3 is 3.05 bits per heavy atom. The van der Waals surface area contributed by atoms with Crippen molar-refractivity contribution in [3.8, 4) is 0 Å². The Bertz CT molecular complexity index is 452. The van der Waals surface area contributed by atoms with E-state index in [0.717, 1.165) is 10.5 Å². The topological polar surface area (TPSA) is 24.9 Å². The van der Waals surface area contributed by atoms with Crippen LogP contribution in [-0.4, -0.2) is 40.1 Å². The van der Waals surface area contributed by atoms with Crippen LogP contribution in [0.2, 0.25) is 0 Å². The van der Waals surface area contributed by atoms with E-state index in [-0.39, 0.29) is 0 Å². The van der Waals surface area contributed by atoms with Gasteiger partial charge in [0.1, 0.15) is 0 Å². The van der Waals surface area contributed by atoms with Gasteiger partial charge in [-0.3, -0.25) is 4.98 Å². The number of thioether (sulfide) groups is 2. The molecule has 4 unspecified atom stereocenters. The second-order valence-electron chi connectivity index (χ2n) is 5.66. The van der Waals surface area contributed by atoms with Crippen molar-refractivity contribution in [1.82, 2.24) is 10.3 Å². The molecule has 0 amide bonds. The number of hydrogen-bond donors (Lipinski definition) is 1. The first-order valence-corrected chi connectivity index (χ1v) is 9.79. The van der Waals surface area contributed by atoms with Gasteiger partial charge in [-0.05, 0) is 37.9 Å². The largest absolute Gasteiger partial charge is 0.315 e. The zero-order valence-corrected chi connectivity index (χ0v) is 14.0. The molecule has 1 aliphatic heterocycles. The minimum atomic E-state index is 0.564. The number of aryl methyl sites for hydroxylation is 1. The van der Waals surface area contributed by atoms with E-state index in [4.69, 9.17) is 4.98 Å². The molecule has 2 nitrogen and oxygen atoms in total. The minimum absolute atomic E-state index is 0.564. The van der Waals surface area contributed by atoms with Gasteiger partial charge in [0.15, 0.2) is 0 Å². The molecule has 2 aliphatic rings. The van der Waals surface area contributed by atoms with Crippen molar-refractivity contribution in [3.63, 3.8) is 0 Å². The molecular weight excluding hydrogens is 284 g/mol. The van der Waals surface area contributed by atoms with Crippen LogP contribution in [0.5, 0.6) is 0 Å². The molecule has 3 rings (SSSR count). The molecule has 4 atom stereocenters. The zero-order valence-electron chi connectivity index (χ0n) is 12.3. The fourth-order valence-corrected chi connectivity index (χ4v) is 7.01. The van der Waals surface area contributed by atoms with E-state index in [1.165, 1.54) is 42.0 Å². The Morgan fingerprint density at radius 1 is 1.40 bits per heavy atom. The molecule has 1 aliphatic carbocycles. The predicted octanol–water partition coefficient (Wildman–Crippen LogP) is 3.33. The number of likely N-dealkylation sites (N-methyl/N-ethyl adjacent to an activating group) is 1. The Labute approximate surface area is 130 Å². The second kappa shape index (κ2) is 6.71. The van der Waals surface area contributed by atoms with Gasteiger partial charge in [0, 0.05) is 45.9 Å². The molecule has 1 fully saturated rings. The number of pyridine rings is 1. The van der Waals surface area contributed by atoms with Gasteiger partial charge in [-0.1, -0.05) is 13.0 Å². The summed E-state index contributed by atoms with van der Waals surface area (Å²) in [4.78, 5) is 4.70. The summed E-state index contributed by atoms with van der Waals surface area (Å²) in [6.45, 7) is 2.34. The Hall–Kier alpha value is -0.190. The van der Waals surface area contributed by atoms with E-state index >= 15 is 0 Å². The minimum Gasteiger partial charge on any atom is -0.315 e. The standard InChI is InChI=1S/C16H24N2S2/c1-3-13-16(20-10-9-19-13)15(17-2)12-7-6-11-5-4-8-18-14(11)12/h4-5,8,12-13,15-17H,3,6-7,9-10H2,1-2H3. The molecule has 4 heteroatoms. The molecule has 0 aromatic carbocycles. The lowest BCUT2D eigenvalue weighted by Gasteiger charge is -2.38. The Balaban J connectivity index is 1.83. The maximum atomic E-state index is 4.70. The van der Waals surface area contributed by atoms with Gasteiger partial charge in [-0.15, -0.1) is 0 Å². The van der Waals surface area contributed by atoms with E-state index in [1.54, 1.807) is 0 Å². The molecule has 2 heterocycles. The summed E-state index contributed by atoms with van der Waals surface area (Å²) >= 11 is 4.35.